The van der Waals surface area contributed by atoms with Crippen molar-refractivity contribution in [1.82, 2.24) is 4.72 Å². The van der Waals surface area contributed by atoms with E-state index in [2.05, 4.69) is 11.6 Å². The molecule has 3 rings (SSSR count). The summed E-state index contributed by atoms with van der Waals surface area (Å²) in [6.07, 6.45) is 5.34. The number of fused-ring (bicyclic) bond motifs is 1. The van der Waals surface area contributed by atoms with Gasteiger partial charge in [0.15, 0.2) is 0 Å². The van der Waals surface area contributed by atoms with E-state index in [9.17, 15) is 8.42 Å². The van der Waals surface area contributed by atoms with Gasteiger partial charge in [0.2, 0.25) is 10.0 Å². The third kappa shape index (κ3) is 3.18. The van der Waals surface area contributed by atoms with Crippen molar-refractivity contribution >= 4 is 20.8 Å². The predicted octanol–water partition coefficient (Wildman–Crippen LogP) is 4.09. The van der Waals surface area contributed by atoms with E-state index in [0.29, 0.717) is 4.90 Å². The molecular formula is C18H23NO2S. The number of sulfonamides is 1. The maximum atomic E-state index is 12.8. The molecule has 4 heteroatoms. The molecule has 1 aliphatic rings. The quantitative estimate of drug-likeness (QED) is 0.923. The maximum Gasteiger partial charge on any atom is 0.241 e. The average molecular weight is 317 g/mol. The van der Waals surface area contributed by atoms with Crippen molar-refractivity contribution in [1.29, 1.82) is 0 Å². The van der Waals surface area contributed by atoms with Crippen molar-refractivity contribution in [2.45, 2.75) is 50.0 Å². The Morgan fingerprint density at radius 3 is 2.41 bits per heavy atom. The molecule has 0 aromatic heterocycles. The van der Waals surface area contributed by atoms with Gasteiger partial charge < -0.3 is 0 Å². The topological polar surface area (TPSA) is 46.2 Å². The van der Waals surface area contributed by atoms with Gasteiger partial charge in [0, 0.05) is 11.4 Å². The highest BCUT2D eigenvalue weighted by Crippen LogP contribution is 2.28. The smallest absolute Gasteiger partial charge is 0.208 e. The fraction of sp³-hybridized carbons (Fsp3) is 0.444. The first-order valence-electron chi connectivity index (χ1n) is 8.10. The standard InChI is InChI=1S/C18H23NO2S/c1-2-14-10-12-16(13-11-14)19-22(20,21)18-9-5-7-15-6-3-4-8-17(15)18/h3-9,14,16,19H,2,10-13H2,1H3. The Bertz CT molecular complexity index is 741. The van der Waals surface area contributed by atoms with Crippen molar-refractivity contribution in [2.24, 2.45) is 5.92 Å². The number of rotatable bonds is 4. The van der Waals surface area contributed by atoms with Gasteiger partial charge in [0.25, 0.3) is 0 Å². The van der Waals surface area contributed by atoms with Crippen LogP contribution < -0.4 is 4.72 Å². The molecule has 22 heavy (non-hydrogen) atoms. The van der Waals surface area contributed by atoms with Gasteiger partial charge in [0.1, 0.15) is 0 Å². The summed E-state index contributed by atoms with van der Waals surface area (Å²) in [5.74, 6) is 0.762. The lowest BCUT2D eigenvalue weighted by Crippen LogP contribution is -2.37. The second-order valence-electron chi connectivity index (χ2n) is 6.22. The first-order valence-corrected chi connectivity index (χ1v) is 9.58. The van der Waals surface area contributed by atoms with Crippen LogP contribution in [-0.4, -0.2) is 14.5 Å². The van der Waals surface area contributed by atoms with Crippen molar-refractivity contribution in [2.75, 3.05) is 0 Å². The van der Waals surface area contributed by atoms with Crippen molar-refractivity contribution in [3.05, 3.63) is 42.5 Å². The molecule has 2 aromatic carbocycles. The van der Waals surface area contributed by atoms with Gasteiger partial charge >= 0.3 is 0 Å². The molecule has 3 nitrogen and oxygen atoms in total. The molecule has 0 aliphatic heterocycles. The zero-order valence-corrected chi connectivity index (χ0v) is 13.8. The van der Waals surface area contributed by atoms with E-state index in [1.54, 1.807) is 6.07 Å². The normalized spacial score (nSPS) is 22.8. The van der Waals surface area contributed by atoms with Gasteiger partial charge in [-0.2, -0.15) is 0 Å². The number of hydrogen-bond donors (Lipinski definition) is 1. The Hall–Kier alpha value is -1.39. The monoisotopic (exact) mass is 317 g/mol. The third-order valence-electron chi connectivity index (χ3n) is 4.79. The number of hydrogen-bond acceptors (Lipinski definition) is 2. The van der Waals surface area contributed by atoms with Crippen LogP contribution in [0.2, 0.25) is 0 Å². The lowest BCUT2D eigenvalue weighted by molar-refractivity contribution is 0.306. The van der Waals surface area contributed by atoms with Crippen molar-refractivity contribution in [3.8, 4) is 0 Å². The zero-order valence-electron chi connectivity index (χ0n) is 13.0. The number of benzene rings is 2. The molecule has 0 spiro atoms. The van der Waals surface area contributed by atoms with E-state index >= 15 is 0 Å². The Morgan fingerprint density at radius 1 is 1.00 bits per heavy atom. The van der Waals surface area contributed by atoms with E-state index in [-0.39, 0.29) is 6.04 Å². The molecular weight excluding hydrogens is 294 g/mol. The SMILES string of the molecule is CCC1CCC(NS(=O)(=O)c2cccc3ccccc23)CC1. The molecule has 1 fully saturated rings. The first kappa shape index (κ1) is 15.5. The fourth-order valence-electron chi connectivity index (χ4n) is 3.40. The van der Waals surface area contributed by atoms with Gasteiger partial charge in [-0.25, -0.2) is 13.1 Å². The van der Waals surface area contributed by atoms with Crippen molar-refractivity contribution < 1.29 is 8.42 Å². The lowest BCUT2D eigenvalue weighted by Gasteiger charge is -2.28. The zero-order chi connectivity index (χ0) is 15.6. The molecule has 2 aromatic rings. The van der Waals surface area contributed by atoms with Gasteiger partial charge in [-0.3, -0.25) is 0 Å². The second-order valence-corrected chi connectivity index (χ2v) is 7.91. The van der Waals surface area contributed by atoms with Crippen LogP contribution in [0, 0.1) is 5.92 Å². The van der Waals surface area contributed by atoms with Crippen LogP contribution in [0.1, 0.15) is 39.0 Å². The summed E-state index contributed by atoms with van der Waals surface area (Å²) in [5.41, 5.74) is 0. The largest absolute Gasteiger partial charge is 0.241 e. The highest BCUT2D eigenvalue weighted by Gasteiger charge is 2.25. The molecule has 1 aliphatic carbocycles. The van der Waals surface area contributed by atoms with E-state index in [0.717, 1.165) is 42.4 Å². The van der Waals surface area contributed by atoms with E-state index in [1.165, 1.54) is 6.42 Å². The van der Waals surface area contributed by atoms with Crippen molar-refractivity contribution in [3.63, 3.8) is 0 Å². The first-order chi connectivity index (χ1) is 10.6. The minimum atomic E-state index is -3.46. The van der Waals surface area contributed by atoms with E-state index in [4.69, 9.17) is 0 Å². The summed E-state index contributed by atoms with van der Waals surface area (Å²) in [6, 6.07) is 13.2. The van der Waals surface area contributed by atoms with Crippen LogP contribution in [0.15, 0.2) is 47.4 Å². The number of nitrogens with one attached hydrogen (secondary N) is 1. The van der Waals surface area contributed by atoms with E-state index < -0.39 is 10.0 Å². The van der Waals surface area contributed by atoms with Gasteiger partial charge in [-0.1, -0.05) is 49.7 Å². The summed E-state index contributed by atoms with van der Waals surface area (Å²) in [6.45, 7) is 2.21. The summed E-state index contributed by atoms with van der Waals surface area (Å²) >= 11 is 0. The highest BCUT2D eigenvalue weighted by molar-refractivity contribution is 7.89. The lowest BCUT2D eigenvalue weighted by atomic mass is 9.85. The minimum absolute atomic E-state index is 0.0757. The van der Waals surface area contributed by atoms with Crippen LogP contribution in [0.5, 0.6) is 0 Å². The molecule has 0 bridgehead atoms. The molecule has 0 atom stereocenters. The van der Waals surface area contributed by atoms with Crippen LogP contribution >= 0.6 is 0 Å². The molecule has 0 heterocycles. The average Bonchev–Trinajstić information content (AvgIpc) is 2.54. The van der Waals surface area contributed by atoms with Crippen LogP contribution in [0.25, 0.3) is 10.8 Å². The van der Waals surface area contributed by atoms with Crippen LogP contribution in [0.4, 0.5) is 0 Å². The van der Waals surface area contributed by atoms with Crippen LogP contribution in [-0.2, 0) is 10.0 Å². The summed E-state index contributed by atoms with van der Waals surface area (Å²) in [4.78, 5) is 0.392. The van der Waals surface area contributed by atoms with Gasteiger partial charge in [0.05, 0.1) is 4.90 Å². The molecule has 0 unspecified atom stereocenters. The summed E-state index contributed by atoms with van der Waals surface area (Å²) in [5, 5.41) is 1.75. The third-order valence-corrected chi connectivity index (χ3v) is 6.36. The highest BCUT2D eigenvalue weighted by atomic mass is 32.2. The molecule has 118 valence electrons. The molecule has 0 amide bonds. The van der Waals surface area contributed by atoms with Gasteiger partial charge in [-0.15, -0.1) is 0 Å². The Labute approximate surface area is 132 Å². The van der Waals surface area contributed by atoms with Gasteiger partial charge in [-0.05, 0) is 43.1 Å². The minimum Gasteiger partial charge on any atom is -0.208 e. The Kier molecular flexibility index (Phi) is 4.50. The summed E-state index contributed by atoms with van der Waals surface area (Å²) < 4.78 is 28.4. The van der Waals surface area contributed by atoms with Crippen LogP contribution in [0.3, 0.4) is 0 Å². The van der Waals surface area contributed by atoms with E-state index in [1.807, 2.05) is 36.4 Å². The molecule has 1 saturated carbocycles. The maximum absolute atomic E-state index is 12.8. The second kappa shape index (κ2) is 6.39. The fourth-order valence-corrected chi connectivity index (χ4v) is 4.94. The molecule has 1 N–H and O–H groups in total. The molecule has 0 radical (unpaired) electrons. The molecule has 0 saturated heterocycles. The Balaban J connectivity index is 1.83. The summed E-state index contributed by atoms with van der Waals surface area (Å²) in [7, 11) is -3.46. The predicted molar refractivity (Wildman–Crippen MR) is 90.3 cm³/mol. The Morgan fingerprint density at radius 2 is 1.68 bits per heavy atom.